The molecular formula is C16H20N2O. The standard InChI is InChI=1S/C16H20N2O/c17-11-7-8-18(9-11)16(19)15-13-6-5-10-3-1-2-4-12(10)14(13)15/h1-4,11,13-15H,5-9,17H2. The number of fused-ring (bicyclic) bond motifs is 3. The van der Waals surface area contributed by atoms with Crippen molar-refractivity contribution in [1.82, 2.24) is 4.90 Å². The van der Waals surface area contributed by atoms with E-state index in [0.29, 0.717) is 17.7 Å². The van der Waals surface area contributed by atoms with Crippen molar-refractivity contribution in [2.24, 2.45) is 17.6 Å². The van der Waals surface area contributed by atoms with Crippen molar-refractivity contribution in [3.05, 3.63) is 35.4 Å². The Bertz CT molecular complexity index is 527. The van der Waals surface area contributed by atoms with Crippen LogP contribution in [0.1, 0.15) is 29.9 Å². The van der Waals surface area contributed by atoms with Crippen molar-refractivity contribution in [3.63, 3.8) is 0 Å². The zero-order chi connectivity index (χ0) is 13.0. The van der Waals surface area contributed by atoms with E-state index in [4.69, 9.17) is 5.73 Å². The summed E-state index contributed by atoms with van der Waals surface area (Å²) >= 11 is 0. The molecule has 4 rings (SSSR count). The molecule has 1 aromatic carbocycles. The molecule has 0 radical (unpaired) electrons. The Balaban J connectivity index is 1.55. The van der Waals surface area contributed by atoms with E-state index in [9.17, 15) is 4.79 Å². The minimum Gasteiger partial charge on any atom is -0.341 e. The highest BCUT2D eigenvalue weighted by Crippen LogP contribution is 2.60. The number of rotatable bonds is 1. The molecular weight excluding hydrogens is 236 g/mol. The molecule has 3 aliphatic rings. The number of amides is 1. The van der Waals surface area contributed by atoms with Crippen molar-refractivity contribution in [3.8, 4) is 0 Å². The number of nitrogens with two attached hydrogens (primary N) is 1. The fraction of sp³-hybridized carbons (Fsp3) is 0.562. The summed E-state index contributed by atoms with van der Waals surface area (Å²) in [4.78, 5) is 14.6. The molecule has 1 heterocycles. The van der Waals surface area contributed by atoms with Crippen LogP contribution in [0.5, 0.6) is 0 Å². The first-order valence-electron chi connectivity index (χ1n) is 7.38. The first-order valence-corrected chi connectivity index (χ1v) is 7.38. The quantitative estimate of drug-likeness (QED) is 0.828. The third-order valence-electron chi connectivity index (χ3n) is 5.15. The maximum Gasteiger partial charge on any atom is 0.226 e. The summed E-state index contributed by atoms with van der Waals surface area (Å²) in [5, 5.41) is 0. The van der Waals surface area contributed by atoms with Crippen LogP contribution in [0, 0.1) is 11.8 Å². The first-order chi connectivity index (χ1) is 9.25. The monoisotopic (exact) mass is 256 g/mol. The summed E-state index contributed by atoms with van der Waals surface area (Å²) in [5.74, 6) is 1.70. The summed E-state index contributed by atoms with van der Waals surface area (Å²) in [6.07, 6.45) is 3.28. The van der Waals surface area contributed by atoms with Gasteiger partial charge in [0, 0.05) is 25.0 Å². The summed E-state index contributed by atoms with van der Waals surface area (Å²) in [6, 6.07) is 8.84. The molecule has 3 nitrogen and oxygen atoms in total. The molecule has 0 aromatic heterocycles. The van der Waals surface area contributed by atoms with Gasteiger partial charge in [-0.05, 0) is 42.2 Å². The summed E-state index contributed by atoms with van der Waals surface area (Å²) in [6.45, 7) is 1.62. The van der Waals surface area contributed by atoms with Crippen LogP contribution in [-0.4, -0.2) is 29.9 Å². The second kappa shape index (κ2) is 4.07. The topological polar surface area (TPSA) is 46.3 Å². The Morgan fingerprint density at radius 3 is 2.89 bits per heavy atom. The van der Waals surface area contributed by atoms with Crippen molar-refractivity contribution in [2.75, 3.05) is 13.1 Å². The molecule has 0 spiro atoms. The fourth-order valence-electron chi connectivity index (χ4n) is 4.10. The van der Waals surface area contributed by atoms with Crippen molar-refractivity contribution >= 4 is 5.91 Å². The van der Waals surface area contributed by atoms with Crippen molar-refractivity contribution < 1.29 is 4.79 Å². The molecule has 1 saturated carbocycles. The van der Waals surface area contributed by atoms with Gasteiger partial charge in [-0.1, -0.05) is 24.3 Å². The molecule has 19 heavy (non-hydrogen) atoms. The van der Waals surface area contributed by atoms with Gasteiger partial charge in [-0.15, -0.1) is 0 Å². The maximum atomic E-state index is 12.6. The van der Waals surface area contributed by atoms with Crippen LogP contribution in [-0.2, 0) is 11.2 Å². The molecule has 3 heteroatoms. The normalized spacial score (nSPS) is 35.7. The molecule has 1 saturated heterocycles. The number of likely N-dealkylation sites (tertiary alicyclic amines) is 1. The molecule has 2 N–H and O–H groups in total. The number of hydrogen-bond acceptors (Lipinski definition) is 2. The highest BCUT2D eigenvalue weighted by atomic mass is 16.2. The highest BCUT2D eigenvalue weighted by molar-refractivity contribution is 5.84. The maximum absolute atomic E-state index is 12.6. The van der Waals surface area contributed by atoms with E-state index in [1.165, 1.54) is 17.5 Å². The number of aryl methyl sites for hydroxylation is 1. The van der Waals surface area contributed by atoms with Gasteiger partial charge in [0.2, 0.25) is 5.91 Å². The molecule has 4 atom stereocenters. The Kier molecular flexibility index (Phi) is 2.46. The minimum absolute atomic E-state index is 0.192. The molecule has 2 aliphatic carbocycles. The van der Waals surface area contributed by atoms with Gasteiger partial charge < -0.3 is 10.6 Å². The van der Waals surface area contributed by atoms with Crippen LogP contribution in [0.3, 0.4) is 0 Å². The molecule has 1 aromatic rings. The minimum atomic E-state index is 0.192. The van der Waals surface area contributed by atoms with Gasteiger partial charge in [0.15, 0.2) is 0 Å². The van der Waals surface area contributed by atoms with Crippen LogP contribution >= 0.6 is 0 Å². The van der Waals surface area contributed by atoms with Gasteiger partial charge in [0.1, 0.15) is 0 Å². The van der Waals surface area contributed by atoms with Crippen LogP contribution in [0.25, 0.3) is 0 Å². The van der Waals surface area contributed by atoms with Crippen LogP contribution in [0.15, 0.2) is 24.3 Å². The molecule has 4 unspecified atom stereocenters. The van der Waals surface area contributed by atoms with Gasteiger partial charge >= 0.3 is 0 Å². The molecule has 100 valence electrons. The highest BCUT2D eigenvalue weighted by Gasteiger charge is 2.58. The predicted molar refractivity (Wildman–Crippen MR) is 73.7 cm³/mol. The Morgan fingerprint density at radius 1 is 1.26 bits per heavy atom. The number of hydrogen-bond donors (Lipinski definition) is 1. The second-order valence-electron chi connectivity index (χ2n) is 6.29. The van der Waals surface area contributed by atoms with Crippen molar-refractivity contribution in [2.45, 2.75) is 31.2 Å². The van der Waals surface area contributed by atoms with E-state index in [0.717, 1.165) is 25.9 Å². The van der Waals surface area contributed by atoms with E-state index in [-0.39, 0.29) is 12.0 Å². The lowest BCUT2D eigenvalue weighted by Crippen LogP contribution is -2.33. The average Bonchev–Trinajstić information content (AvgIpc) is 3.03. The third kappa shape index (κ3) is 1.71. The SMILES string of the molecule is NC1CCN(C(=O)C2C3CCc4ccccc4C32)C1. The van der Waals surface area contributed by atoms with E-state index >= 15 is 0 Å². The molecule has 2 fully saturated rings. The Hall–Kier alpha value is -1.35. The largest absolute Gasteiger partial charge is 0.341 e. The Labute approximate surface area is 113 Å². The average molecular weight is 256 g/mol. The van der Waals surface area contributed by atoms with Gasteiger partial charge in [0.05, 0.1) is 0 Å². The lowest BCUT2D eigenvalue weighted by atomic mass is 9.92. The van der Waals surface area contributed by atoms with E-state index in [2.05, 4.69) is 24.3 Å². The second-order valence-corrected chi connectivity index (χ2v) is 6.29. The van der Waals surface area contributed by atoms with Gasteiger partial charge in [-0.25, -0.2) is 0 Å². The molecule has 1 amide bonds. The van der Waals surface area contributed by atoms with Crippen LogP contribution < -0.4 is 5.73 Å². The van der Waals surface area contributed by atoms with E-state index in [1.807, 2.05) is 4.90 Å². The van der Waals surface area contributed by atoms with Gasteiger partial charge in [0.25, 0.3) is 0 Å². The van der Waals surface area contributed by atoms with Gasteiger partial charge in [-0.3, -0.25) is 4.79 Å². The number of carbonyl (C=O) groups is 1. The van der Waals surface area contributed by atoms with Crippen LogP contribution in [0.2, 0.25) is 0 Å². The smallest absolute Gasteiger partial charge is 0.226 e. The number of carbonyl (C=O) groups excluding carboxylic acids is 1. The lowest BCUT2D eigenvalue weighted by Gasteiger charge is -2.15. The van der Waals surface area contributed by atoms with Crippen molar-refractivity contribution in [1.29, 1.82) is 0 Å². The van der Waals surface area contributed by atoms with E-state index < -0.39 is 0 Å². The lowest BCUT2D eigenvalue weighted by molar-refractivity contribution is -0.132. The summed E-state index contributed by atoms with van der Waals surface area (Å²) < 4.78 is 0. The van der Waals surface area contributed by atoms with Crippen LogP contribution in [0.4, 0.5) is 0 Å². The fourth-order valence-corrected chi connectivity index (χ4v) is 4.10. The summed E-state index contributed by atoms with van der Waals surface area (Å²) in [7, 11) is 0. The zero-order valence-electron chi connectivity index (χ0n) is 11.1. The zero-order valence-corrected chi connectivity index (χ0v) is 11.1. The molecule has 1 aliphatic heterocycles. The number of nitrogens with zero attached hydrogens (tertiary/aromatic N) is 1. The number of benzene rings is 1. The van der Waals surface area contributed by atoms with E-state index in [1.54, 1.807) is 0 Å². The summed E-state index contributed by atoms with van der Waals surface area (Å²) in [5.41, 5.74) is 8.80. The Morgan fingerprint density at radius 2 is 2.11 bits per heavy atom. The molecule has 0 bridgehead atoms. The third-order valence-corrected chi connectivity index (χ3v) is 5.15. The predicted octanol–water partition coefficient (Wildman–Crippen LogP) is 1.52. The van der Waals surface area contributed by atoms with Gasteiger partial charge in [-0.2, -0.15) is 0 Å². The first kappa shape index (κ1) is 11.5.